The summed E-state index contributed by atoms with van der Waals surface area (Å²) >= 11 is 1.60. The van der Waals surface area contributed by atoms with Gasteiger partial charge in [-0.05, 0) is 50.8 Å². The summed E-state index contributed by atoms with van der Waals surface area (Å²) in [5.74, 6) is 0.962. The summed E-state index contributed by atoms with van der Waals surface area (Å²) < 4.78 is 0. The van der Waals surface area contributed by atoms with Gasteiger partial charge in [-0.15, -0.1) is 11.8 Å². The molecule has 0 spiro atoms. The first-order valence-corrected chi connectivity index (χ1v) is 14.2. The third-order valence-electron chi connectivity index (χ3n) is 6.52. The molecule has 2 atom stereocenters. The number of hydrogen-bond acceptors (Lipinski definition) is 3. The highest BCUT2D eigenvalue weighted by Crippen LogP contribution is 2.20. The second-order valence-corrected chi connectivity index (χ2v) is 11.0. The average Bonchev–Trinajstić information content (AvgIpc) is 2.87. The molecule has 2 amide bonds. The number of carbonyl (C=O) groups is 2. The molecule has 1 N–H and O–H groups in total. The molecule has 0 heterocycles. The van der Waals surface area contributed by atoms with E-state index in [9.17, 15) is 9.59 Å². The quantitative estimate of drug-likeness (QED) is 0.303. The molecule has 0 fully saturated rings. The Labute approximate surface area is 226 Å². The van der Waals surface area contributed by atoms with Crippen LogP contribution in [0.25, 0.3) is 0 Å². The summed E-state index contributed by atoms with van der Waals surface area (Å²) in [7, 11) is 0. The molecular formula is C32H40N2O2S. The highest BCUT2D eigenvalue weighted by Gasteiger charge is 2.30. The van der Waals surface area contributed by atoms with Gasteiger partial charge in [-0.1, -0.05) is 96.4 Å². The second-order valence-electron chi connectivity index (χ2n) is 10.0. The minimum Gasteiger partial charge on any atom is -0.352 e. The SMILES string of the molecule is CC[C@@H](C)NC(=O)[C@H](Cc1ccccc1)N(Cc1ccc(C)cc1)C(=O)CSCc1cc(C)cc(C)c1. The van der Waals surface area contributed by atoms with Gasteiger partial charge in [0.15, 0.2) is 0 Å². The van der Waals surface area contributed by atoms with E-state index in [0.29, 0.717) is 18.7 Å². The van der Waals surface area contributed by atoms with E-state index in [1.165, 1.54) is 22.3 Å². The largest absolute Gasteiger partial charge is 0.352 e. The first kappa shape index (κ1) is 28.5. The van der Waals surface area contributed by atoms with Crippen molar-refractivity contribution in [3.63, 3.8) is 0 Å². The van der Waals surface area contributed by atoms with Crippen molar-refractivity contribution in [3.8, 4) is 0 Å². The average molecular weight is 517 g/mol. The molecular weight excluding hydrogens is 476 g/mol. The lowest BCUT2D eigenvalue weighted by Crippen LogP contribution is -2.52. The maximum absolute atomic E-state index is 13.8. The maximum Gasteiger partial charge on any atom is 0.243 e. The normalized spacial score (nSPS) is 12.6. The van der Waals surface area contributed by atoms with Gasteiger partial charge in [-0.2, -0.15) is 0 Å². The van der Waals surface area contributed by atoms with E-state index in [4.69, 9.17) is 0 Å². The summed E-state index contributed by atoms with van der Waals surface area (Å²) in [5.41, 5.74) is 6.90. The molecule has 5 heteroatoms. The van der Waals surface area contributed by atoms with E-state index in [1.807, 2.05) is 56.3 Å². The van der Waals surface area contributed by atoms with E-state index in [1.54, 1.807) is 16.7 Å². The van der Waals surface area contributed by atoms with Gasteiger partial charge in [0.25, 0.3) is 0 Å². The highest BCUT2D eigenvalue weighted by molar-refractivity contribution is 7.99. The lowest BCUT2D eigenvalue weighted by atomic mass is 10.0. The molecule has 0 radical (unpaired) electrons. The molecule has 0 aromatic heterocycles. The molecule has 0 aliphatic heterocycles. The van der Waals surface area contributed by atoms with Crippen molar-refractivity contribution >= 4 is 23.6 Å². The van der Waals surface area contributed by atoms with E-state index in [-0.39, 0.29) is 17.9 Å². The molecule has 196 valence electrons. The Hall–Kier alpha value is -3.05. The molecule has 0 aliphatic rings. The van der Waals surface area contributed by atoms with Crippen LogP contribution in [0.15, 0.2) is 72.8 Å². The summed E-state index contributed by atoms with van der Waals surface area (Å²) in [4.78, 5) is 29.1. The van der Waals surface area contributed by atoms with Crippen molar-refractivity contribution in [1.82, 2.24) is 10.2 Å². The first-order chi connectivity index (χ1) is 17.7. The molecule has 3 aromatic carbocycles. The van der Waals surface area contributed by atoms with Crippen molar-refractivity contribution in [3.05, 3.63) is 106 Å². The number of carbonyl (C=O) groups excluding carboxylic acids is 2. The first-order valence-electron chi connectivity index (χ1n) is 13.1. The second kappa shape index (κ2) is 14.0. The van der Waals surface area contributed by atoms with Crippen molar-refractivity contribution in [1.29, 1.82) is 0 Å². The summed E-state index contributed by atoms with van der Waals surface area (Å²) in [6.07, 6.45) is 1.31. The van der Waals surface area contributed by atoms with E-state index >= 15 is 0 Å². The van der Waals surface area contributed by atoms with E-state index in [0.717, 1.165) is 23.3 Å². The third-order valence-corrected chi connectivity index (χ3v) is 7.51. The van der Waals surface area contributed by atoms with Gasteiger partial charge in [-0.3, -0.25) is 9.59 Å². The third kappa shape index (κ3) is 9.08. The number of hydrogen-bond donors (Lipinski definition) is 1. The summed E-state index contributed by atoms with van der Waals surface area (Å²) in [5, 5.41) is 3.13. The number of benzene rings is 3. The van der Waals surface area contributed by atoms with Crippen molar-refractivity contribution < 1.29 is 9.59 Å². The number of nitrogens with zero attached hydrogens (tertiary/aromatic N) is 1. The van der Waals surface area contributed by atoms with E-state index in [2.05, 4.69) is 56.4 Å². The molecule has 0 saturated heterocycles. The maximum atomic E-state index is 13.8. The standard InChI is InChI=1S/C32H40N2O2S/c1-6-26(5)33-32(36)30(19-27-10-8-7-9-11-27)34(20-28-14-12-23(2)13-15-28)31(35)22-37-21-29-17-24(3)16-25(4)18-29/h7-18,26,30H,6,19-22H2,1-5H3,(H,33,36)/t26-,30+/m1/s1. The fourth-order valence-electron chi connectivity index (χ4n) is 4.38. The van der Waals surface area contributed by atoms with Crippen LogP contribution >= 0.6 is 11.8 Å². The fourth-order valence-corrected chi connectivity index (χ4v) is 5.22. The number of thioether (sulfide) groups is 1. The number of amides is 2. The van der Waals surface area contributed by atoms with Crippen molar-refractivity contribution in [2.75, 3.05) is 5.75 Å². The Morgan fingerprint density at radius 2 is 1.49 bits per heavy atom. The Bertz CT molecular complexity index is 1140. The van der Waals surface area contributed by atoms with Crippen LogP contribution in [0.1, 0.15) is 53.6 Å². The highest BCUT2D eigenvalue weighted by atomic mass is 32.2. The van der Waals surface area contributed by atoms with Crippen molar-refractivity contribution in [2.45, 2.75) is 71.8 Å². The van der Waals surface area contributed by atoms with Crippen LogP contribution < -0.4 is 5.32 Å². The van der Waals surface area contributed by atoms with Crippen LogP contribution in [0, 0.1) is 20.8 Å². The van der Waals surface area contributed by atoms with Gasteiger partial charge in [0, 0.05) is 24.8 Å². The molecule has 0 unspecified atom stereocenters. The van der Waals surface area contributed by atoms with Gasteiger partial charge in [0.2, 0.25) is 11.8 Å². The minimum atomic E-state index is -0.591. The van der Waals surface area contributed by atoms with Crippen LogP contribution in [-0.2, 0) is 28.3 Å². The molecule has 4 nitrogen and oxygen atoms in total. The predicted octanol–water partition coefficient (Wildman–Crippen LogP) is 6.40. The zero-order valence-corrected chi connectivity index (χ0v) is 23.6. The lowest BCUT2D eigenvalue weighted by Gasteiger charge is -2.32. The number of rotatable bonds is 12. The predicted molar refractivity (Wildman–Crippen MR) is 156 cm³/mol. The van der Waals surface area contributed by atoms with Gasteiger partial charge in [0.1, 0.15) is 6.04 Å². The van der Waals surface area contributed by atoms with E-state index < -0.39 is 6.04 Å². The lowest BCUT2D eigenvalue weighted by molar-refractivity contribution is -0.139. The Morgan fingerprint density at radius 1 is 0.838 bits per heavy atom. The molecule has 0 saturated carbocycles. The van der Waals surface area contributed by atoms with Crippen LogP contribution in [0.4, 0.5) is 0 Å². The van der Waals surface area contributed by atoms with Gasteiger partial charge < -0.3 is 10.2 Å². The topological polar surface area (TPSA) is 49.4 Å². The smallest absolute Gasteiger partial charge is 0.243 e. The molecule has 0 bridgehead atoms. The molecule has 0 aliphatic carbocycles. The fraction of sp³-hybridized carbons (Fsp3) is 0.375. The van der Waals surface area contributed by atoms with Crippen LogP contribution in [0.3, 0.4) is 0 Å². The van der Waals surface area contributed by atoms with Crippen molar-refractivity contribution in [2.24, 2.45) is 0 Å². The molecule has 3 aromatic rings. The zero-order valence-electron chi connectivity index (χ0n) is 22.8. The van der Waals surface area contributed by atoms with Crippen LogP contribution in [0.2, 0.25) is 0 Å². The summed E-state index contributed by atoms with van der Waals surface area (Å²) in [6.45, 7) is 10.7. The molecule has 37 heavy (non-hydrogen) atoms. The molecule has 3 rings (SSSR count). The number of aryl methyl sites for hydroxylation is 3. The Balaban J connectivity index is 1.85. The Kier molecular flexibility index (Phi) is 10.8. The van der Waals surface area contributed by atoms with Gasteiger partial charge >= 0.3 is 0 Å². The van der Waals surface area contributed by atoms with Gasteiger partial charge in [-0.25, -0.2) is 0 Å². The monoisotopic (exact) mass is 516 g/mol. The van der Waals surface area contributed by atoms with Crippen LogP contribution in [0.5, 0.6) is 0 Å². The van der Waals surface area contributed by atoms with Gasteiger partial charge in [0.05, 0.1) is 5.75 Å². The number of nitrogens with one attached hydrogen (secondary N) is 1. The zero-order chi connectivity index (χ0) is 26.8. The Morgan fingerprint density at radius 3 is 2.11 bits per heavy atom. The minimum absolute atomic E-state index is 0.0183. The summed E-state index contributed by atoms with van der Waals surface area (Å²) in [6, 6.07) is 24.1. The van der Waals surface area contributed by atoms with Crippen LogP contribution in [-0.4, -0.2) is 34.6 Å².